The maximum Gasteiger partial charge on any atom is 0.389 e. The maximum absolute atomic E-state index is 12.4. The third kappa shape index (κ3) is 6.45. The van der Waals surface area contributed by atoms with Crippen molar-refractivity contribution in [3.05, 3.63) is 35.9 Å². The molecule has 2 aromatic rings. The molecule has 1 amide bonds. The van der Waals surface area contributed by atoms with Crippen LogP contribution in [0.5, 0.6) is 0 Å². The van der Waals surface area contributed by atoms with Crippen molar-refractivity contribution >= 4 is 35.0 Å². The van der Waals surface area contributed by atoms with Gasteiger partial charge in [-0.3, -0.25) is 14.7 Å². The lowest BCUT2D eigenvalue weighted by molar-refractivity contribution is -0.129. The first kappa shape index (κ1) is 21.1. The molecule has 0 aliphatic carbocycles. The predicted molar refractivity (Wildman–Crippen MR) is 96.9 cm³/mol. The summed E-state index contributed by atoms with van der Waals surface area (Å²) in [7, 11) is 0. The van der Waals surface area contributed by atoms with Crippen LogP contribution in [0.15, 0.2) is 30.7 Å². The lowest BCUT2D eigenvalue weighted by Crippen LogP contribution is -2.31. The van der Waals surface area contributed by atoms with Crippen LogP contribution in [0.4, 0.5) is 18.9 Å². The Kier molecular flexibility index (Phi) is 7.50. The number of carbonyl (C=O) groups is 1. The van der Waals surface area contributed by atoms with E-state index >= 15 is 0 Å². The van der Waals surface area contributed by atoms with Crippen molar-refractivity contribution < 1.29 is 18.0 Å². The first-order chi connectivity index (χ1) is 12.8. The maximum atomic E-state index is 12.4. The highest BCUT2D eigenvalue weighted by Crippen LogP contribution is 2.27. The van der Waals surface area contributed by atoms with Gasteiger partial charge in [-0.2, -0.15) is 35.3 Å². The summed E-state index contributed by atoms with van der Waals surface area (Å²) in [5, 5.41) is 13.2. The average molecular weight is 418 g/mol. The van der Waals surface area contributed by atoms with Gasteiger partial charge in [-0.05, 0) is 12.1 Å². The molecule has 144 valence electrons. The van der Waals surface area contributed by atoms with E-state index in [1.807, 2.05) is 6.07 Å². The molecule has 0 fully saturated rings. The van der Waals surface area contributed by atoms with Crippen LogP contribution in [0, 0.1) is 11.3 Å². The van der Waals surface area contributed by atoms with Crippen molar-refractivity contribution in [2.75, 3.05) is 23.0 Å². The van der Waals surface area contributed by atoms with Gasteiger partial charge in [0.25, 0.3) is 0 Å². The number of nitriles is 1. The number of amides is 1. The second kappa shape index (κ2) is 9.62. The standard InChI is InChI=1S/C16H15ClF3N5OS/c17-15-13(11-25(23-15)12-2-1-6-22-10-12)24(7-5-21)14(26)3-8-27-9-4-16(18,19)20/h1-2,6,10-11H,3-4,7-9H2. The molecule has 0 saturated carbocycles. The molecular formula is C16H15ClF3N5OS. The number of carbonyl (C=O) groups excluding carboxylic acids is 1. The second-order valence-electron chi connectivity index (χ2n) is 5.33. The fourth-order valence-electron chi connectivity index (χ4n) is 2.11. The number of pyridine rings is 1. The molecule has 27 heavy (non-hydrogen) atoms. The Balaban J connectivity index is 2.03. The summed E-state index contributed by atoms with van der Waals surface area (Å²) in [5.41, 5.74) is 0.880. The first-order valence-corrected chi connectivity index (χ1v) is 9.32. The zero-order chi connectivity index (χ0) is 19.9. The van der Waals surface area contributed by atoms with E-state index in [9.17, 15) is 18.0 Å². The average Bonchev–Trinajstić information content (AvgIpc) is 3.00. The molecule has 0 N–H and O–H groups in total. The normalized spacial score (nSPS) is 11.2. The minimum atomic E-state index is -4.21. The van der Waals surface area contributed by atoms with E-state index in [1.54, 1.807) is 24.5 Å². The molecule has 0 aliphatic rings. The van der Waals surface area contributed by atoms with Gasteiger partial charge in [-0.1, -0.05) is 11.6 Å². The van der Waals surface area contributed by atoms with Crippen LogP contribution in [-0.4, -0.2) is 44.9 Å². The number of hydrogen-bond donors (Lipinski definition) is 0. The van der Waals surface area contributed by atoms with E-state index in [0.717, 1.165) is 11.8 Å². The molecule has 0 atom stereocenters. The number of hydrogen-bond acceptors (Lipinski definition) is 5. The van der Waals surface area contributed by atoms with E-state index in [0.29, 0.717) is 5.69 Å². The van der Waals surface area contributed by atoms with E-state index in [4.69, 9.17) is 16.9 Å². The third-order valence-electron chi connectivity index (χ3n) is 3.37. The summed E-state index contributed by atoms with van der Waals surface area (Å²) >= 11 is 7.15. The minimum Gasteiger partial charge on any atom is -0.294 e. The van der Waals surface area contributed by atoms with Crippen LogP contribution in [0.3, 0.4) is 0 Å². The molecule has 0 bridgehead atoms. The van der Waals surface area contributed by atoms with Gasteiger partial charge in [0.2, 0.25) is 5.91 Å². The Morgan fingerprint density at radius 2 is 2.19 bits per heavy atom. The van der Waals surface area contributed by atoms with Crippen LogP contribution in [0.25, 0.3) is 5.69 Å². The smallest absolute Gasteiger partial charge is 0.294 e. The SMILES string of the molecule is N#CCN(C(=O)CCSCCC(F)(F)F)c1cn(-c2cccnc2)nc1Cl. The van der Waals surface area contributed by atoms with Gasteiger partial charge in [-0.15, -0.1) is 0 Å². The van der Waals surface area contributed by atoms with Crippen LogP contribution in [-0.2, 0) is 4.79 Å². The van der Waals surface area contributed by atoms with Crippen LogP contribution in [0.2, 0.25) is 5.15 Å². The van der Waals surface area contributed by atoms with Crippen LogP contribution >= 0.6 is 23.4 Å². The van der Waals surface area contributed by atoms with Gasteiger partial charge in [0.15, 0.2) is 5.15 Å². The fourth-order valence-corrected chi connectivity index (χ4v) is 3.24. The quantitative estimate of drug-likeness (QED) is 0.481. The summed E-state index contributed by atoms with van der Waals surface area (Å²) < 4.78 is 37.8. The van der Waals surface area contributed by atoms with Crippen molar-refractivity contribution in [2.45, 2.75) is 19.0 Å². The largest absolute Gasteiger partial charge is 0.389 e. The molecule has 0 radical (unpaired) electrons. The molecular weight excluding hydrogens is 403 g/mol. The molecule has 11 heteroatoms. The summed E-state index contributed by atoms with van der Waals surface area (Å²) in [4.78, 5) is 17.6. The van der Waals surface area contributed by atoms with Crippen molar-refractivity contribution in [1.82, 2.24) is 14.8 Å². The lowest BCUT2D eigenvalue weighted by atomic mass is 10.3. The minimum absolute atomic E-state index is 0.0153. The van der Waals surface area contributed by atoms with E-state index < -0.39 is 18.5 Å². The Morgan fingerprint density at radius 3 is 2.81 bits per heavy atom. The second-order valence-corrected chi connectivity index (χ2v) is 6.91. The Morgan fingerprint density at radius 1 is 1.41 bits per heavy atom. The molecule has 6 nitrogen and oxygen atoms in total. The van der Waals surface area contributed by atoms with Gasteiger partial charge in [-0.25, -0.2) is 4.68 Å². The molecule has 2 heterocycles. The zero-order valence-corrected chi connectivity index (χ0v) is 15.6. The molecule has 2 rings (SSSR count). The highest BCUT2D eigenvalue weighted by molar-refractivity contribution is 7.99. The van der Waals surface area contributed by atoms with E-state index in [1.165, 1.54) is 15.8 Å². The summed E-state index contributed by atoms with van der Waals surface area (Å²) in [5.74, 6) is -0.316. The zero-order valence-electron chi connectivity index (χ0n) is 14.0. The molecule has 0 unspecified atom stereocenters. The number of nitrogens with zero attached hydrogens (tertiary/aromatic N) is 5. The Labute approximate surface area is 162 Å². The number of thioether (sulfide) groups is 1. The van der Waals surface area contributed by atoms with Gasteiger partial charge in [0, 0.05) is 24.1 Å². The monoisotopic (exact) mass is 417 g/mol. The third-order valence-corrected chi connectivity index (χ3v) is 4.63. The Hall–Kier alpha value is -2.25. The summed E-state index contributed by atoms with van der Waals surface area (Å²) in [6.45, 7) is -0.246. The topological polar surface area (TPSA) is 74.8 Å². The number of halogens is 4. The molecule has 0 aromatic carbocycles. The Bertz CT molecular complexity index is 807. The summed E-state index contributed by atoms with van der Waals surface area (Å²) in [6.07, 6.45) is -0.474. The van der Waals surface area contributed by atoms with E-state index in [2.05, 4.69) is 10.1 Å². The molecule has 0 saturated heterocycles. The number of anilines is 1. The number of alkyl halides is 3. The highest BCUT2D eigenvalue weighted by Gasteiger charge is 2.26. The first-order valence-electron chi connectivity index (χ1n) is 7.79. The highest BCUT2D eigenvalue weighted by atomic mass is 35.5. The van der Waals surface area contributed by atoms with Gasteiger partial charge < -0.3 is 0 Å². The van der Waals surface area contributed by atoms with Crippen molar-refractivity contribution in [3.63, 3.8) is 0 Å². The van der Waals surface area contributed by atoms with Crippen molar-refractivity contribution in [2.24, 2.45) is 0 Å². The van der Waals surface area contributed by atoms with Crippen molar-refractivity contribution in [3.8, 4) is 11.8 Å². The number of aromatic nitrogens is 3. The van der Waals surface area contributed by atoms with Crippen molar-refractivity contribution in [1.29, 1.82) is 5.26 Å². The van der Waals surface area contributed by atoms with Gasteiger partial charge in [0.1, 0.15) is 12.2 Å². The van der Waals surface area contributed by atoms with Gasteiger partial charge >= 0.3 is 6.18 Å². The number of rotatable bonds is 8. The van der Waals surface area contributed by atoms with E-state index in [-0.39, 0.29) is 35.3 Å². The summed E-state index contributed by atoms with van der Waals surface area (Å²) in [6, 6.07) is 5.34. The van der Waals surface area contributed by atoms with Gasteiger partial charge in [0.05, 0.1) is 30.6 Å². The predicted octanol–water partition coefficient (Wildman–Crippen LogP) is 3.85. The van der Waals surface area contributed by atoms with Crippen LogP contribution in [0.1, 0.15) is 12.8 Å². The molecule has 0 aliphatic heterocycles. The van der Waals surface area contributed by atoms with Crippen LogP contribution < -0.4 is 4.90 Å². The molecule has 0 spiro atoms. The lowest BCUT2D eigenvalue weighted by Gasteiger charge is -2.18. The fraction of sp³-hybridized carbons (Fsp3) is 0.375. The molecule has 2 aromatic heterocycles.